The molecule has 0 aliphatic heterocycles. The summed E-state index contributed by atoms with van der Waals surface area (Å²) >= 11 is 0. The molecule has 6 heteroatoms. The Morgan fingerprint density at radius 2 is 2.21 bits per heavy atom. The first-order chi connectivity index (χ1) is 9.24. The van der Waals surface area contributed by atoms with E-state index in [9.17, 15) is 4.79 Å². The van der Waals surface area contributed by atoms with Gasteiger partial charge in [-0.05, 0) is 31.7 Å². The number of rotatable bonds is 6. The van der Waals surface area contributed by atoms with Crippen molar-refractivity contribution in [3.8, 4) is 0 Å². The number of nitrogens with one attached hydrogen (secondary N) is 1. The highest BCUT2D eigenvalue weighted by Gasteiger charge is 2.18. The minimum Gasteiger partial charge on any atom is -0.376 e. The van der Waals surface area contributed by atoms with Crippen molar-refractivity contribution < 1.29 is 9.53 Å². The average Bonchev–Trinajstić information content (AvgIpc) is 2.89. The maximum absolute atomic E-state index is 11.6. The van der Waals surface area contributed by atoms with Crippen LogP contribution in [0.15, 0.2) is 18.5 Å². The molecular weight excluding hydrogens is 244 g/mol. The van der Waals surface area contributed by atoms with E-state index in [1.807, 2.05) is 0 Å². The van der Waals surface area contributed by atoms with Gasteiger partial charge < -0.3 is 15.8 Å². The van der Waals surface area contributed by atoms with Crippen LogP contribution in [0.1, 0.15) is 25.7 Å². The molecule has 0 atom stereocenters. The minimum atomic E-state index is -0.0435. The first kappa shape index (κ1) is 14.0. The van der Waals surface area contributed by atoms with E-state index in [2.05, 4.69) is 10.4 Å². The van der Waals surface area contributed by atoms with E-state index in [0.29, 0.717) is 25.3 Å². The third-order valence-electron chi connectivity index (χ3n) is 3.36. The molecule has 1 aliphatic carbocycles. The molecule has 1 fully saturated rings. The van der Waals surface area contributed by atoms with Crippen LogP contribution >= 0.6 is 0 Å². The zero-order valence-electron chi connectivity index (χ0n) is 11.1. The molecule has 1 amide bonds. The average molecular weight is 266 g/mol. The Morgan fingerprint density at radius 1 is 1.42 bits per heavy atom. The number of carbonyl (C=O) groups excluding carboxylic acids is 1. The van der Waals surface area contributed by atoms with Crippen molar-refractivity contribution >= 4 is 5.91 Å². The summed E-state index contributed by atoms with van der Waals surface area (Å²) in [5, 5.41) is 6.80. The van der Waals surface area contributed by atoms with Crippen molar-refractivity contribution in [3.05, 3.63) is 18.5 Å². The molecule has 1 saturated carbocycles. The Hall–Kier alpha value is -1.40. The highest BCUT2D eigenvalue weighted by molar-refractivity contribution is 5.75. The van der Waals surface area contributed by atoms with Crippen molar-refractivity contribution in [2.75, 3.05) is 13.2 Å². The number of nitrogens with two attached hydrogens (primary N) is 1. The lowest BCUT2D eigenvalue weighted by molar-refractivity contribution is -0.122. The SMILES string of the molecule is NC1CCC(OCCNC(=O)Cn2cccn2)CC1. The molecular formula is C13H22N4O2. The van der Waals surface area contributed by atoms with Crippen LogP contribution in [0.4, 0.5) is 0 Å². The van der Waals surface area contributed by atoms with E-state index in [-0.39, 0.29) is 12.5 Å². The van der Waals surface area contributed by atoms with Gasteiger partial charge in [-0.3, -0.25) is 9.48 Å². The number of ether oxygens (including phenoxy) is 1. The monoisotopic (exact) mass is 266 g/mol. The third kappa shape index (κ3) is 5.00. The fourth-order valence-corrected chi connectivity index (χ4v) is 2.27. The summed E-state index contributed by atoms with van der Waals surface area (Å²) in [6.45, 7) is 1.36. The zero-order chi connectivity index (χ0) is 13.5. The molecule has 3 N–H and O–H groups in total. The lowest BCUT2D eigenvalue weighted by Crippen LogP contribution is -2.34. The van der Waals surface area contributed by atoms with Gasteiger partial charge in [-0.1, -0.05) is 0 Å². The van der Waals surface area contributed by atoms with Crippen molar-refractivity contribution in [2.24, 2.45) is 5.73 Å². The van der Waals surface area contributed by atoms with Crippen LogP contribution in [0, 0.1) is 0 Å². The second-order valence-electron chi connectivity index (χ2n) is 4.96. The molecule has 0 aromatic carbocycles. The molecule has 0 bridgehead atoms. The second kappa shape index (κ2) is 7.25. The Morgan fingerprint density at radius 3 is 2.89 bits per heavy atom. The summed E-state index contributed by atoms with van der Waals surface area (Å²) in [4.78, 5) is 11.6. The Bertz CT molecular complexity index is 372. The topological polar surface area (TPSA) is 82.2 Å². The summed E-state index contributed by atoms with van der Waals surface area (Å²) in [5.74, 6) is -0.0435. The van der Waals surface area contributed by atoms with Gasteiger partial charge in [0.25, 0.3) is 0 Å². The van der Waals surface area contributed by atoms with Gasteiger partial charge in [0.05, 0.1) is 12.7 Å². The highest BCUT2D eigenvalue weighted by Crippen LogP contribution is 2.19. The Kier molecular flexibility index (Phi) is 5.35. The number of carbonyl (C=O) groups is 1. The third-order valence-corrected chi connectivity index (χ3v) is 3.36. The van der Waals surface area contributed by atoms with Crippen LogP contribution in [0.3, 0.4) is 0 Å². The van der Waals surface area contributed by atoms with Gasteiger partial charge in [0.15, 0.2) is 0 Å². The van der Waals surface area contributed by atoms with Gasteiger partial charge in [-0.2, -0.15) is 5.10 Å². The van der Waals surface area contributed by atoms with Crippen molar-refractivity contribution in [2.45, 2.75) is 44.4 Å². The van der Waals surface area contributed by atoms with Crippen LogP contribution < -0.4 is 11.1 Å². The highest BCUT2D eigenvalue weighted by atomic mass is 16.5. The molecule has 0 spiro atoms. The molecule has 1 heterocycles. The first-order valence-corrected chi connectivity index (χ1v) is 6.85. The number of hydrogen-bond acceptors (Lipinski definition) is 4. The fourth-order valence-electron chi connectivity index (χ4n) is 2.27. The predicted molar refractivity (Wildman–Crippen MR) is 71.4 cm³/mol. The molecule has 6 nitrogen and oxygen atoms in total. The van der Waals surface area contributed by atoms with E-state index in [1.54, 1.807) is 23.1 Å². The summed E-state index contributed by atoms with van der Waals surface area (Å²) < 4.78 is 7.32. The summed E-state index contributed by atoms with van der Waals surface area (Å²) in [5.41, 5.74) is 5.84. The number of nitrogens with zero attached hydrogens (tertiary/aromatic N) is 2. The molecule has 0 unspecified atom stereocenters. The summed E-state index contributed by atoms with van der Waals surface area (Å²) in [6.07, 6.45) is 7.87. The van der Waals surface area contributed by atoms with E-state index in [0.717, 1.165) is 25.7 Å². The van der Waals surface area contributed by atoms with E-state index >= 15 is 0 Å². The molecule has 19 heavy (non-hydrogen) atoms. The van der Waals surface area contributed by atoms with Crippen molar-refractivity contribution in [3.63, 3.8) is 0 Å². The van der Waals surface area contributed by atoms with Crippen LogP contribution in [0.5, 0.6) is 0 Å². The molecule has 0 radical (unpaired) electrons. The maximum Gasteiger partial charge on any atom is 0.241 e. The zero-order valence-corrected chi connectivity index (χ0v) is 11.1. The predicted octanol–water partition coefficient (Wildman–Crippen LogP) is 0.286. The fraction of sp³-hybridized carbons (Fsp3) is 0.692. The van der Waals surface area contributed by atoms with E-state index < -0.39 is 0 Å². The summed E-state index contributed by atoms with van der Waals surface area (Å²) in [7, 11) is 0. The standard InChI is InChI=1S/C13H22N4O2/c14-11-2-4-12(5-3-11)19-9-7-15-13(18)10-17-8-1-6-16-17/h1,6,8,11-12H,2-5,7,9-10,14H2,(H,15,18). The quantitative estimate of drug-likeness (QED) is 0.725. The molecule has 1 aromatic heterocycles. The second-order valence-corrected chi connectivity index (χ2v) is 4.96. The smallest absolute Gasteiger partial charge is 0.241 e. The molecule has 1 aromatic rings. The lowest BCUT2D eigenvalue weighted by Gasteiger charge is -2.26. The number of aromatic nitrogens is 2. The molecule has 1 aliphatic rings. The van der Waals surface area contributed by atoms with Crippen LogP contribution in [0.2, 0.25) is 0 Å². The Balaban J connectivity index is 1.53. The molecule has 106 valence electrons. The first-order valence-electron chi connectivity index (χ1n) is 6.85. The van der Waals surface area contributed by atoms with Gasteiger partial charge in [0.1, 0.15) is 6.54 Å². The van der Waals surface area contributed by atoms with Crippen LogP contribution in [-0.2, 0) is 16.1 Å². The van der Waals surface area contributed by atoms with Crippen molar-refractivity contribution in [1.82, 2.24) is 15.1 Å². The van der Waals surface area contributed by atoms with E-state index in [1.165, 1.54) is 0 Å². The lowest BCUT2D eigenvalue weighted by atomic mass is 9.94. The van der Waals surface area contributed by atoms with Gasteiger partial charge in [0, 0.05) is 25.0 Å². The van der Waals surface area contributed by atoms with Crippen LogP contribution in [-0.4, -0.2) is 41.0 Å². The summed E-state index contributed by atoms with van der Waals surface area (Å²) in [6, 6.07) is 2.14. The molecule has 2 rings (SSSR count). The van der Waals surface area contributed by atoms with Gasteiger partial charge in [-0.25, -0.2) is 0 Å². The van der Waals surface area contributed by atoms with Gasteiger partial charge >= 0.3 is 0 Å². The molecule has 0 saturated heterocycles. The van der Waals surface area contributed by atoms with Crippen molar-refractivity contribution in [1.29, 1.82) is 0 Å². The Labute approximate surface area is 113 Å². The number of amides is 1. The normalized spacial score (nSPS) is 23.2. The maximum atomic E-state index is 11.6. The van der Waals surface area contributed by atoms with E-state index in [4.69, 9.17) is 10.5 Å². The largest absolute Gasteiger partial charge is 0.376 e. The van der Waals surface area contributed by atoms with Gasteiger partial charge in [0.2, 0.25) is 5.91 Å². The minimum absolute atomic E-state index is 0.0435. The van der Waals surface area contributed by atoms with Crippen LogP contribution in [0.25, 0.3) is 0 Å². The van der Waals surface area contributed by atoms with Gasteiger partial charge in [-0.15, -0.1) is 0 Å². The number of hydrogen-bond donors (Lipinski definition) is 2.